The predicted octanol–water partition coefficient (Wildman–Crippen LogP) is 2.85. The van der Waals surface area contributed by atoms with Crippen molar-refractivity contribution in [3.63, 3.8) is 0 Å². The van der Waals surface area contributed by atoms with Crippen molar-refractivity contribution in [3.8, 4) is 0 Å². The zero-order chi connectivity index (χ0) is 13.1. The summed E-state index contributed by atoms with van der Waals surface area (Å²) in [6.07, 6.45) is 3.36. The van der Waals surface area contributed by atoms with Crippen LogP contribution in [0.15, 0.2) is 24.4 Å². The average Bonchev–Trinajstić information content (AvgIpc) is 2.66. The SMILES string of the molecule is CCOC(=O)Cc1cn(C)c2ccc(CC)cc12. The zero-order valence-electron chi connectivity index (χ0n) is 11.2. The van der Waals surface area contributed by atoms with Crippen LogP contribution < -0.4 is 0 Å². The number of benzene rings is 1. The number of rotatable bonds is 4. The van der Waals surface area contributed by atoms with Crippen molar-refractivity contribution < 1.29 is 9.53 Å². The molecule has 96 valence electrons. The van der Waals surface area contributed by atoms with Crippen molar-refractivity contribution in [1.82, 2.24) is 4.57 Å². The van der Waals surface area contributed by atoms with Crippen LogP contribution in [0.3, 0.4) is 0 Å². The molecule has 0 radical (unpaired) electrons. The molecule has 0 aliphatic heterocycles. The highest BCUT2D eigenvalue weighted by atomic mass is 16.5. The Labute approximate surface area is 107 Å². The lowest BCUT2D eigenvalue weighted by molar-refractivity contribution is -0.142. The maximum Gasteiger partial charge on any atom is 0.310 e. The number of carbonyl (C=O) groups is 1. The minimum atomic E-state index is -0.160. The van der Waals surface area contributed by atoms with Crippen molar-refractivity contribution in [3.05, 3.63) is 35.5 Å². The van der Waals surface area contributed by atoms with Gasteiger partial charge in [-0.15, -0.1) is 0 Å². The first kappa shape index (κ1) is 12.7. The number of ether oxygens (including phenoxy) is 1. The molecule has 1 aromatic carbocycles. The molecule has 3 heteroatoms. The second-order valence-corrected chi connectivity index (χ2v) is 4.45. The van der Waals surface area contributed by atoms with Gasteiger partial charge in [-0.05, 0) is 36.6 Å². The summed E-state index contributed by atoms with van der Waals surface area (Å²) in [6, 6.07) is 6.42. The lowest BCUT2D eigenvalue weighted by atomic mass is 10.1. The molecule has 3 nitrogen and oxygen atoms in total. The highest BCUT2D eigenvalue weighted by Gasteiger charge is 2.11. The van der Waals surface area contributed by atoms with E-state index < -0.39 is 0 Å². The van der Waals surface area contributed by atoms with Gasteiger partial charge in [-0.1, -0.05) is 13.0 Å². The molecule has 1 heterocycles. The molecule has 0 N–H and O–H groups in total. The first-order valence-electron chi connectivity index (χ1n) is 6.38. The summed E-state index contributed by atoms with van der Waals surface area (Å²) in [5, 5.41) is 1.16. The van der Waals surface area contributed by atoms with Gasteiger partial charge in [0.05, 0.1) is 13.0 Å². The largest absolute Gasteiger partial charge is 0.466 e. The first-order valence-corrected chi connectivity index (χ1v) is 6.38. The van der Waals surface area contributed by atoms with E-state index in [1.54, 1.807) is 0 Å². The van der Waals surface area contributed by atoms with E-state index in [1.165, 1.54) is 5.56 Å². The molecular weight excluding hydrogens is 226 g/mol. The van der Waals surface area contributed by atoms with E-state index >= 15 is 0 Å². The first-order chi connectivity index (χ1) is 8.65. The summed E-state index contributed by atoms with van der Waals surface area (Å²) < 4.78 is 7.07. The number of aryl methyl sites for hydroxylation is 2. The topological polar surface area (TPSA) is 31.2 Å². The molecule has 2 rings (SSSR count). The van der Waals surface area contributed by atoms with Gasteiger partial charge in [-0.3, -0.25) is 4.79 Å². The number of hydrogen-bond acceptors (Lipinski definition) is 2. The standard InChI is InChI=1S/C15H19NO2/c1-4-11-6-7-14-13(8-11)12(10-16(14)3)9-15(17)18-5-2/h6-8,10H,4-5,9H2,1-3H3. The Bertz CT molecular complexity index is 569. The van der Waals surface area contributed by atoms with Gasteiger partial charge >= 0.3 is 5.97 Å². The third-order valence-electron chi connectivity index (χ3n) is 3.18. The Morgan fingerprint density at radius 1 is 1.33 bits per heavy atom. The number of esters is 1. The molecule has 0 saturated carbocycles. The maximum absolute atomic E-state index is 11.6. The molecule has 0 spiro atoms. The van der Waals surface area contributed by atoms with Crippen LogP contribution in [0.25, 0.3) is 10.9 Å². The van der Waals surface area contributed by atoms with Gasteiger partial charge in [0.15, 0.2) is 0 Å². The molecule has 1 aromatic heterocycles. The number of fused-ring (bicyclic) bond motifs is 1. The minimum Gasteiger partial charge on any atom is -0.466 e. The predicted molar refractivity (Wildman–Crippen MR) is 72.6 cm³/mol. The van der Waals surface area contributed by atoms with Gasteiger partial charge in [0, 0.05) is 24.1 Å². The summed E-state index contributed by atoms with van der Waals surface area (Å²) in [5.41, 5.74) is 3.49. The van der Waals surface area contributed by atoms with Gasteiger partial charge in [-0.25, -0.2) is 0 Å². The van der Waals surface area contributed by atoms with Gasteiger partial charge < -0.3 is 9.30 Å². The van der Waals surface area contributed by atoms with E-state index in [9.17, 15) is 4.79 Å². The van der Waals surface area contributed by atoms with Crippen LogP contribution in [-0.2, 0) is 29.4 Å². The third-order valence-corrected chi connectivity index (χ3v) is 3.18. The summed E-state index contributed by atoms with van der Waals surface area (Å²) in [5.74, 6) is -0.160. The van der Waals surface area contributed by atoms with E-state index in [2.05, 4.69) is 29.7 Å². The van der Waals surface area contributed by atoms with E-state index in [4.69, 9.17) is 4.74 Å². The number of aromatic nitrogens is 1. The molecule has 0 unspecified atom stereocenters. The third kappa shape index (κ3) is 2.40. The van der Waals surface area contributed by atoms with Gasteiger partial charge in [0.1, 0.15) is 0 Å². The highest BCUT2D eigenvalue weighted by Crippen LogP contribution is 2.23. The highest BCUT2D eigenvalue weighted by molar-refractivity contribution is 5.88. The van der Waals surface area contributed by atoms with E-state index in [-0.39, 0.29) is 5.97 Å². The molecule has 0 saturated heterocycles. The van der Waals surface area contributed by atoms with Crippen molar-refractivity contribution in [2.24, 2.45) is 7.05 Å². The van der Waals surface area contributed by atoms with Gasteiger partial charge in [-0.2, -0.15) is 0 Å². The molecule has 0 fully saturated rings. The second-order valence-electron chi connectivity index (χ2n) is 4.45. The minimum absolute atomic E-state index is 0.160. The van der Waals surface area contributed by atoms with Gasteiger partial charge in [0.25, 0.3) is 0 Å². The number of nitrogens with zero attached hydrogens (tertiary/aromatic N) is 1. The lowest BCUT2D eigenvalue weighted by Gasteiger charge is -2.02. The number of carbonyl (C=O) groups excluding carboxylic acids is 1. The van der Waals surface area contributed by atoms with Crippen molar-refractivity contribution in [2.45, 2.75) is 26.7 Å². The lowest BCUT2D eigenvalue weighted by Crippen LogP contribution is -2.07. The van der Waals surface area contributed by atoms with Crippen molar-refractivity contribution in [2.75, 3.05) is 6.61 Å². The van der Waals surface area contributed by atoms with Crippen LogP contribution in [0.5, 0.6) is 0 Å². The average molecular weight is 245 g/mol. The fourth-order valence-electron chi connectivity index (χ4n) is 2.25. The zero-order valence-corrected chi connectivity index (χ0v) is 11.2. The summed E-state index contributed by atoms with van der Waals surface area (Å²) in [6.45, 7) is 4.40. The van der Waals surface area contributed by atoms with Crippen LogP contribution >= 0.6 is 0 Å². The molecule has 0 bridgehead atoms. The molecule has 2 aromatic rings. The smallest absolute Gasteiger partial charge is 0.310 e. The Kier molecular flexibility index (Phi) is 3.70. The van der Waals surface area contributed by atoms with Crippen LogP contribution in [0.1, 0.15) is 25.0 Å². The van der Waals surface area contributed by atoms with E-state index in [0.717, 1.165) is 22.9 Å². The molecular formula is C15H19NO2. The molecule has 18 heavy (non-hydrogen) atoms. The quantitative estimate of drug-likeness (QED) is 0.776. The molecule has 0 atom stereocenters. The Balaban J connectivity index is 2.40. The Morgan fingerprint density at radius 3 is 2.78 bits per heavy atom. The van der Waals surface area contributed by atoms with Crippen LogP contribution in [0.2, 0.25) is 0 Å². The van der Waals surface area contributed by atoms with Crippen LogP contribution in [-0.4, -0.2) is 17.1 Å². The Hall–Kier alpha value is -1.77. The Morgan fingerprint density at radius 2 is 2.11 bits per heavy atom. The van der Waals surface area contributed by atoms with Gasteiger partial charge in [0.2, 0.25) is 0 Å². The molecule has 0 aliphatic rings. The molecule has 0 aliphatic carbocycles. The summed E-state index contributed by atoms with van der Waals surface area (Å²) in [7, 11) is 2.00. The van der Waals surface area contributed by atoms with E-state index in [1.807, 2.05) is 20.2 Å². The monoisotopic (exact) mass is 245 g/mol. The fraction of sp³-hybridized carbons (Fsp3) is 0.400. The van der Waals surface area contributed by atoms with E-state index in [0.29, 0.717) is 13.0 Å². The number of hydrogen-bond donors (Lipinski definition) is 0. The van der Waals surface area contributed by atoms with Crippen molar-refractivity contribution in [1.29, 1.82) is 0 Å². The summed E-state index contributed by atoms with van der Waals surface area (Å²) >= 11 is 0. The summed E-state index contributed by atoms with van der Waals surface area (Å²) in [4.78, 5) is 11.6. The normalized spacial score (nSPS) is 10.8. The van der Waals surface area contributed by atoms with Crippen LogP contribution in [0, 0.1) is 0 Å². The van der Waals surface area contributed by atoms with Crippen LogP contribution in [0.4, 0.5) is 0 Å². The maximum atomic E-state index is 11.6. The molecule has 0 amide bonds. The fourth-order valence-corrected chi connectivity index (χ4v) is 2.25. The second kappa shape index (κ2) is 5.25. The van der Waals surface area contributed by atoms with Crippen molar-refractivity contribution >= 4 is 16.9 Å².